The molecule has 0 aliphatic heterocycles. The van der Waals surface area contributed by atoms with Crippen LogP contribution in [-0.4, -0.2) is 6.54 Å². The van der Waals surface area contributed by atoms with Gasteiger partial charge in [-0.05, 0) is 62.6 Å². The molecule has 2 nitrogen and oxygen atoms in total. The summed E-state index contributed by atoms with van der Waals surface area (Å²) in [6.45, 7) is 11.6. The Balaban J connectivity index is 2.54. The zero-order valence-corrected chi connectivity index (χ0v) is 12.5. The predicted molar refractivity (Wildman–Crippen MR) is 79.6 cm³/mol. The first-order valence-electron chi connectivity index (χ1n) is 6.89. The lowest BCUT2D eigenvalue weighted by atomic mass is 9.91. The lowest BCUT2D eigenvalue weighted by Crippen LogP contribution is -2.24. The van der Waals surface area contributed by atoms with Gasteiger partial charge in [-0.2, -0.15) is 0 Å². The number of nitrogens with one attached hydrogen (secondary N) is 1. The van der Waals surface area contributed by atoms with E-state index in [2.05, 4.69) is 52.1 Å². The Bertz CT molecular complexity index is 545. The highest BCUT2D eigenvalue weighted by molar-refractivity contribution is 5.43. The summed E-state index contributed by atoms with van der Waals surface area (Å²) in [5.41, 5.74) is 6.49. The van der Waals surface area contributed by atoms with Crippen LogP contribution in [0.25, 0.3) is 0 Å². The monoisotopic (exact) mass is 257 g/mol. The molecule has 1 heterocycles. The van der Waals surface area contributed by atoms with Crippen LogP contribution < -0.4 is 5.32 Å². The lowest BCUT2D eigenvalue weighted by molar-refractivity contribution is 0.447. The van der Waals surface area contributed by atoms with Crippen molar-refractivity contribution < 1.29 is 4.42 Å². The Morgan fingerprint density at radius 3 is 2.16 bits per heavy atom. The Kier molecular flexibility index (Phi) is 4.11. The molecule has 0 saturated heterocycles. The molecule has 19 heavy (non-hydrogen) atoms. The normalized spacial score (nSPS) is 12.7. The second kappa shape index (κ2) is 5.62. The van der Waals surface area contributed by atoms with Crippen LogP contribution in [0.1, 0.15) is 46.5 Å². The molecule has 0 radical (unpaired) electrons. The minimum Gasteiger partial charge on any atom is -0.467 e. The van der Waals surface area contributed by atoms with E-state index in [1.807, 2.05) is 6.07 Å². The molecule has 0 bridgehead atoms. The molecule has 2 rings (SSSR count). The number of furan rings is 1. The first-order valence-corrected chi connectivity index (χ1v) is 6.89. The first kappa shape index (κ1) is 13.9. The number of rotatable bonds is 4. The molecule has 2 heteroatoms. The van der Waals surface area contributed by atoms with Crippen molar-refractivity contribution in [2.45, 2.75) is 40.7 Å². The summed E-state index contributed by atoms with van der Waals surface area (Å²) in [6.07, 6.45) is 1.77. The molecule has 1 aromatic carbocycles. The van der Waals surface area contributed by atoms with Gasteiger partial charge in [-0.25, -0.2) is 0 Å². The van der Waals surface area contributed by atoms with E-state index in [4.69, 9.17) is 4.42 Å². The van der Waals surface area contributed by atoms with E-state index in [0.717, 1.165) is 12.3 Å². The van der Waals surface area contributed by atoms with Crippen LogP contribution in [-0.2, 0) is 0 Å². The topological polar surface area (TPSA) is 25.2 Å². The quantitative estimate of drug-likeness (QED) is 0.887. The van der Waals surface area contributed by atoms with E-state index in [0.29, 0.717) is 0 Å². The van der Waals surface area contributed by atoms with E-state index in [1.165, 1.54) is 27.8 Å². The summed E-state index contributed by atoms with van der Waals surface area (Å²) < 4.78 is 5.71. The molecule has 0 aliphatic rings. The van der Waals surface area contributed by atoms with Crippen molar-refractivity contribution in [3.05, 3.63) is 58.0 Å². The average molecular weight is 257 g/mol. The molecule has 2 aromatic rings. The molecule has 0 fully saturated rings. The van der Waals surface area contributed by atoms with Gasteiger partial charge in [0.25, 0.3) is 0 Å². The molecule has 1 atom stereocenters. The van der Waals surface area contributed by atoms with Gasteiger partial charge >= 0.3 is 0 Å². The largest absolute Gasteiger partial charge is 0.467 e. The van der Waals surface area contributed by atoms with Gasteiger partial charge < -0.3 is 9.73 Å². The highest BCUT2D eigenvalue weighted by atomic mass is 16.3. The smallest absolute Gasteiger partial charge is 0.128 e. The number of benzene rings is 1. The van der Waals surface area contributed by atoms with Gasteiger partial charge in [0.1, 0.15) is 5.76 Å². The summed E-state index contributed by atoms with van der Waals surface area (Å²) in [5.74, 6) is 1.02. The van der Waals surface area contributed by atoms with Gasteiger partial charge in [0.2, 0.25) is 0 Å². The third kappa shape index (κ3) is 2.74. The molecule has 0 amide bonds. The zero-order valence-electron chi connectivity index (χ0n) is 12.5. The Hall–Kier alpha value is -1.54. The van der Waals surface area contributed by atoms with E-state index in [1.54, 1.807) is 6.26 Å². The highest BCUT2D eigenvalue weighted by Crippen LogP contribution is 2.31. The van der Waals surface area contributed by atoms with Crippen molar-refractivity contribution in [1.29, 1.82) is 0 Å². The third-order valence-corrected chi connectivity index (χ3v) is 3.60. The highest BCUT2D eigenvalue weighted by Gasteiger charge is 2.21. The van der Waals surface area contributed by atoms with E-state index in [-0.39, 0.29) is 6.04 Å². The molecule has 1 unspecified atom stereocenters. The predicted octanol–water partition coefficient (Wildman–Crippen LogP) is 4.21. The van der Waals surface area contributed by atoms with Gasteiger partial charge in [0, 0.05) is 0 Å². The SMILES string of the molecule is CCNC(c1occc1C)c1c(C)cc(C)cc1C. The summed E-state index contributed by atoms with van der Waals surface area (Å²) in [4.78, 5) is 0. The van der Waals surface area contributed by atoms with Gasteiger partial charge in [0.15, 0.2) is 0 Å². The molecule has 1 N–H and O–H groups in total. The Morgan fingerprint density at radius 2 is 1.68 bits per heavy atom. The van der Waals surface area contributed by atoms with Crippen molar-refractivity contribution in [2.24, 2.45) is 0 Å². The van der Waals surface area contributed by atoms with Crippen LogP contribution in [0.4, 0.5) is 0 Å². The van der Waals surface area contributed by atoms with Crippen LogP contribution >= 0.6 is 0 Å². The first-order chi connectivity index (χ1) is 9.04. The average Bonchev–Trinajstić information content (AvgIpc) is 2.73. The number of hydrogen-bond donors (Lipinski definition) is 1. The molecule has 0 aliphatic carbocycles. The molecular formula is C17H23NO. The Morgan fingerprint density at radius 1 is 1.05 bits per heavy atom. The summed E-state index contributed by atoms with van der Waals surface area (Å²) in [5, 5.41) is 3.55. The second-order valence-corrected chi connectivity index (χ2v) is 5.27. The molecule has 102 valence electrons. The lowest BCUT2D eigenvalue weighted by Gasteiger charge is -2.22. The van der Waals surface area contributed by atoms with Crippen molar-refractivity contribution in [2.75, 3.05) is 6.54 Å². The minimum atomic E-state index is 0.139. The maximum Gasteiger partial charge on any atom is 0.128 e. The van der Waals surface area contributed by atoms with Gasteiger partial charge in [-0.3, -0.25) is 0 Å². The van der Waals surface area contributed by atoms with Crippen molar-refractivity contribution in [3.63, 3.8) is 0 Å². The maximum absolute atomic E-state index is 5.71. The minimum absolute atomic E-state index is 0.139. The van der Waals surface area contributed by atoms with Gasteiger partial charge in [0.05, 0.1) is 12.3 Å². The van der Waals surface area contributed by atoms with E-state index < -0.39 is 0 Å². The van der Waals surface area contributed by atoms with Gasteiger partial charge in [-0.1, -0.05) is 24.6 Å². The van der Waals surface area contributed by atoms with Crippen LogP contribution in [0.3, 0.4) is 0 Å². The summed E-state index contributed by atoms with van der Waals surface area (Å²) in [7, 11) is 0. The zero-order chi connectivity index (χ0) is 14.0. The van der Waals surface area contributed by atoms with E-state index in [9.17, 15) is 0 Å². The maximum atomic E-state index is 5.71. The van der Waals surface area contributed by atoms with Crippen LogP contribution in [0.15, 0.2) is 28.9 Å². The van der Waals surface area contributed by atoms with Crippen LogP contribution in [0.5, 0.6) is 0 Å². The van der Waals surface area contributed by atoms with Crippen molar-refractivity contribution >= 4 is 0 Å². The second-order valence-electron chi connectivity index (χ2n) is 5.27. The van der Waals surface area contributed by atoms with Crippen LogP contribution in [0.2, 0.25) is 0 Å². The summed E-state index contributed by atoms with van der Waals surface area (Å²) >= 11 is 0. The third-order valence-electron chi connectivity index (χ3n) is 3.60. The fraction of sp³-hybridized carbons (Fsp3) is 0.412. The number of hydrogen-bond acceptors (Lipinski definition) is 2. The molecular weight excluding hydrogens is 234 g/mol. The fourth-order valence-corrected chi connectivity index (χ4v) is 2.86. The molecule has 1 aromatic heterocycles. The van der Waals surface area contributed by atoms with E-state index >= 15 is 0 Å². The van der Waals surface area contributed by atoms with Crippen molar-refractivity contribution in [1.82, 2.24) is 5.32 Å². The van der Waals surface area contributed by atoms with Crippen LogP contribution in [0, 0.1) is 27.7 Å². The van der Waals surface area contributed by atoms with Gasteiger partial charge in [-0.15, -0.1) is 0 Å². The summed E-state index contributed by atoms with van der Waals surface area (Å²) in [6, 6.07) is 6.65. The molecule has 0 spiro atoms. The Labute approximate surface area is 115 Å². The fourth-order valence-electron chi connectivity index (χ4n) is 2.86. The standard InChI is InChI=1S/C17H23NO/c1-6-18-16(17-12(3)7-8-19-17)15-13(4)9-11(2)10-14(15)5/h7-10,16,18H,6H2,1-5H3. The molecule has 0 saturated carbocycles. The van der Waals surface area contributed by atoms with Crippen molar-refractivity contribution in [3.8, 4) is 0 Å². The number of aryl methyl sites for hydroxylation is 4.